The van der Waals surface area contributed by atoms with Gasteiger partial charge < -0.3 is 14.8 Å². The average molecular weight is 346 g/mol. The van der Waals surface area contributed by atoms with Crippen LogP contribution in [0.15, 0.2) is 18.3 Å². The lowest BCUT2D eigenvalue weighted by molar-refractivity contribution is -0.142. The number of ether oxygens (including phenoxy) is 2. The molecule has 2 saturated carbocycles. The van der Waals surface area contributed by atoms with Gasteiger partial charge in [-0.3, -0.25) is 4.79 Å². The number of rotatable bonds is 9. The van der Waals surface area contributed by atoms with E-state index >= 15 is 0 Å². The maximum atomic E-state index is 11.3. The van der Waals surface area contributed by atoms with E-state index in [2.05, 4.69) is 16.4 Å². The fourth-order valence-corrected chi connectivity index (χ4v) is 3.47. The molecule has 1 heterocycles. The molecular formula is C20H30N2O3. The van der Waals surface area contributed by atoms with Crippen LogP contribution in [0.1, 0.15) is 63.4 Å². The number of nitrogens with zero attached hydrogens (tertiary/aromatic N) is 1. The summed E-state index contributed by atoms with van der Waals surface area (Å²) in [6.07, 6.45) is 9.82. The quantitative estimate of drug-likeness (QED) is 0.548. The molecule has 1 N–H and O–H groups in total. The van der Waals surface area contributed by atoms with Crippen LogP contribution in [0.25, 0.3) is 0 Å². The maximum absolute atomic E-state index is 11.3. The van der Waals surface area contributed by atoms with Crippen LogP contribution in [-0.4, -0.2) is 36.8 Å². The minimum atomic E-state index is -0.118. The van der Waals surface area contributed by atoms with Gasteiger partial charge in [-0.2, -0.15) is 0 Å². The van der Waals surface area contributed by atoms with Gasteiger partial charge in [0.2, 0.25) is 5.88 Å². The Morgan fingerprint density at radius 2 is 2.00 bits per heavy atom. The van der Waals surface area contributed by atoms with Crippen LogP contribution in [0.4, 0.5) is 0 Å². The third-order valence-corrected chi connectivity index (χ3v) is 5.13. The van der Waals surface area contributed by atoms with Gasteiger partial charge in [0.15, 0.2) is 0 Å². The summed E-state index contributed by atoms with van der Waals surface area (Å²) in [4.78, 5) is 15.8. The molecule has 0 atom stereocenters. The third-order valence-electron chi connectivity index (χ3n) is 5.13. The van der Waals surface area contributed by atoms with Gasteiger partial charge in [0.05, 0.1) is 13.0 Å². The number of carbonyl (C=O) groups is 1. The lowest BCUT2D eigenvalue weighted by atomic mass is 9.87. The minimum absolute atomic E-state index is 0.118. The summed E-state index contributed by atoms with van der Waals surface area (Å²) in [5.41, 5.74) is 1.35. The van der Waals surface area contributed by atoms with Gasteiger partial charge in [0.1, 0.15) is 6.10 Å². The summed E-state index contributed by atoms with van der Waals surface area (Å²) < 4.78 is 11.0. The van der Waals surface area contributed by atoms with Crippen LogP contribution in [0, 0.1) is 5.92 Å². The highest BCUT2D eigenvalue weighted by Crippen LogP contribution is 2.40. The van der Waals surface area contributed by atoms with E-state index in [1.807, 2.05) is 19.2 Å². The SMILES string of the molecule is CCOC(=O)CCNCC1CCC(Oc2ccc(C3CC3)cn2)CC1. The summed E-state index contributed by atoms with van der Waals surface area (Å²) >= 11 is 0. The van der Waals surface area contributed by atoms with Crippen molar-refractivity contribution < 1.29 is 14.3 Å². The molecule has 0 unspecified atom stereocenters. The Morgan fingerprint density at radius 3 is 2.64 bits per heavy atom. The molecular weight excluding hydrogens is 316 g/mol. The molecule has 2 aliphatic carbocycles. The molecule has 0 aliphatic heterocycles. The zero-order valence-corrected chi connectivity index (χ0v) is 15.2. The normalized spacial score (nSPS) is 23.2. The fourth-order valence-electron chi connectivity index (χ4n) is 3.47. The van der Waals surface area contributed by atoms with Gasteiger partial charge in [-0.05, 0) is 69.4 Å². The zero-order chi connectivity index (χ0) is 17.5. The van der Waals surface area contributed by atoms with Crippen molar-refractivity contribution in [2.24, 2.45) is 5.92 Å². The van der Waals surface area contributed by atoms with Crippen LogP contribution < -0.4 is 10.1 Å². The average Bonchev–Trinajstić information content (AvgIpc) is 3.46. The first-order valence-electron chi connectivity index (χ1n) is 9.73. The monoisotopic (exact) mass is 346 g/mol. The number of nitrogens with one attached hydrogen (secondary N) is 1. The number of hydrogen-bond donors (Lipinski definition) is 1. The van der Waals surface area contributed by atoms with Crippen LogP contribution in [-0.2, 0) is 9.53 Å². The number of carbonyl (C=O) groups excluding carboxylic acids is 1. The smallest absolute Gasteiger partial charge is 0.307 e. The first-order chi connectivity index (χ1) is 12.2. The van der Waals surface area contributed by atoms with Crippen molar-refractivity contribution in [3.63, 3.8) is 0 Å². The second kappa shape index (κ2) is 9.18. The molecule has 5 heteroatoms. The molecule has 0 bridgehead atoms. The Kier molecular flexibility index (Phi) is 6.68. The van der Waals surface area contributed by atoms with Crippen molar-refractivity contribution in [3.05, 3.63) is 23.9 Å². The van der Waals surface area contributed by atoms with Crippen molar-refractivity contribution in [3.8, 4) is 5.88 Å². The van der Waals surface area contributed by atoms with E-state index in [0.29, 0.717) is 25.5 Å². The Morgan fingerprint density at radius 1 is 1.20 bits per heavy atom. The van der Waals surface area contributed by atoms with Crippen LogP contribution in [0.2, 0.25) is 0 Å². The van der Waals surface area contributed by atoms with Gasteiger partial charge in [0.25, 0.3) is 0 Å². The summed E-state index contributed by atoms with van der Waals surface area (Å²) in [7, 11) is 0. The van der Waals surface area contributed by atoms with Crippen LogP contribution in [0.5, 0.6) is 5.88 Å². The molecule has 0 aromatic carbocycles. The molecule has 0 amide bonds. The highest BCUT2D eigenvalue weighted by Gasteiger charge is 2.25. The Balaban J connectivity index is 1.29. The van der Waals surface area contributed by atoms with Gasteiger partial charge >= 0.3 is 5.97 Å². The largest absolute Gasteiger partial charge is 0.474 e. The molecule has 0 radical (unpaired) electrons. The predicted octanol–water partition coefficient (Wildman–Crippen LogP) is 3.44. The van der Waals surface area contributed by atoms with E-state index in [1.54, 1.807) is 0 Å². The van der Waals surface area contributed by atoms with E-state index in [4.69, 9.17) is 9.47 Å². The maximum Gasteiger partial charge on any atom is 0.307 e. The Labute approximate surface area is 150 Å². The summed E-state index contributed by atoms with van der Waals surface area (Å²) in [5, 5.41) is 3.38. The molecule has 138 valence electrons. The van der Waals surface area contributed by atoms with Crippen molar-refractivity contribution in [1.82, 2.24) is 10.3 Å². The van der Waals surface area contributed by atoms with E-state index in [0.717, 1.165) is 44.0 Å². The standard InChI is InChI=1S/C20H30N2O3/c1-2-24-20(23)11-12-21-13-15-3-8-18(9-4-15)25-19-10-7-17(14-22-19)16-5-6-16/h7,10,14-16,18,21H,2-6,8-9,11-13H2,1H3. The number of hydrogen-bond acceptors (Lipinski definition) is 5. The summed E-state index contributed by atoms with van der Waals surface area (Å²) in [6.45, 7) is 3.97. The van der Waals surface area contributed by atoms with Crippen molar-refractivity contribution in [2.45, 2.75) is 63.9 Å². The van der Waals surface area contributed by atoms with Gasteiger partial charge in [0, 0.05) is 18.8 Å². The Bertz CT molecular complexity index is 534. The molecule has 3 rings (SSSR count). The van der Waals surface area contributed by atoms with E-state index in [1.165, 1.54) is 18.4 Å². The first-order valence-corrected chi connectivity index (χ1v) is 9.73. The molecule has 0 spiro atoms. The van der Waals surface area contributed by atoms with Crippen molar-refractivity contribution in [2.75, 3.05) is 19.7 Å². The second-order valence-electron chi connectivity index (χ2n) is 7.22. The van der Waals surface area contributed by atoms with Gasteiger partial charge in [-0.25, -0.2) is 4.98 Å². The molecule has 2 fully saturated rings. The lowest BCUT2D eigenvalue weighted by Crippen LogP contribution is -2.31. The number of esters is 1. The van der Waals surface area contributed by atoms with Crippen LogP contribution >= 0.6 is 0 Å². The van der Waals surface area contributed by atoms with E-state index < -0.39 is 0 Å². The first kappa shape index (κ1) is 18.2. The Hall–Kier alpha value is -1.62. The molecule has 1 aromatic rings. The number of pyridine rings is 1. The molecule has 0 saturated heterocycles. The number of aromatic nitrogens is 1. The van der Waals surface area contributed by atoms with Crippen LogP contribution in [0.3, 0.4) is 0 Å². The predicted molar refractivity (Wildman–Crippen MR) is 96.7 cm³/mol. The highest BCUT2D eigenvalue weighted by atomic mass is 16.5. The lowest BCUT2D eigenvalue weighted by Gasteiger charge is -2.28. The summed E-state index contributed by atoms with van der Waals surface area (Å²) in [5.74, 6) is 2.06. The molecule has 1 aromatic heterocycles. The van der Waals surface area contributed by atoms with Gasteiger partial charge in [-0.15, -0.1) is 0 Å². The topological polar surface area (TPSA) is 60.5 Å². The van der Waals surface area contributed by atoms with Gasteiger partial charge in [-0.1, -0.05) is 6.07 Å². The summed E-state index contributed by atoms with van der Waals surface area (Å²) in [6, 6.07) is 4.19. The molecule has 25 heavy (non-hydrogen) atoms. The molecule has 5 nitrogen and oxygen atoms in total. The van der Waals surface area contributed by atoms with E-state index in [-0.39, 0.29) is 12.1 Å². The van der Waals surface area contributed by atoms with Crippen molar-refractivity contribution in [1.29, 1.82) is 0 Å². The zero-order valence-electron chi connectivity index (χ0n) is 15.2. The highest BCUT2D eigenvalue weighted by molar-refractivity contribution is 5.69. The van der Waals surface area contributed by atoms with Crippen molar-refractivity contribution >= 4 is 5.97 Å². The fraction of sp³-hybridized carbons (Fsp3) is 0.700. The minimum Gasteiger partial charge on any atom is -0.474 e. The third kappa shape index (κ3) is 5.99. The van der Waals surface area contributed by atoms with E-state index in [9.17, 15) is 4.79 Å². The second-order valence-corrected chi connectivity index (χ2v) is 7.22. The molecule has 2 aliphatic rings.